The summed E-state index contributed by atoms with van der Waals surface area (Å²) >= 11 is 0. The fourth-order valence-corrected chi connectivity index (χ4v) is 2.19. The largest absolute Gasteiger partial charge is 0.326 e. The number of hydrogen-bond acceptors (Lipinski definition) is 2. The van der Waals surface area contributed by atoms with Crippen molar-refractivity contribution in [2.45, 2.75) is 20.4 Å². The van der Waals surface area contributed by atoms with E-state index in [1.54, 1.807) is 0 Å². The lowest BCUT2D eigenvalue weighted by Crippen LogP contribution is -1.95. The molecular weight excluding hydrogens is 200 g/mol. The first-order valence-electron chi connectivity index (χ1n) is 5.36. The summed E-state index contributed by atoms with van der Waals surface area (Å²) in [7, 11) is 0. The topological polar surface area (TPSA) is 59.1 Å². The van der Waals surface area contributed by atoms with Crippen molar-refractivity contribution in [2.75, 3.05) is 0 Å². The molecule has 0 aliphatic rings. The number of imidazole rings is 2. The summed E-state index contributed by atoms with van der Waals surface area (Å²) in [5, 5.41) is 0. The van der Waals surface area contributed by atoms with Crippen LogP contribution in [0.15, 0.2) is 18.3 Å². The van der Waals surface area contributed by atoms with Crippen LogP contribution in [0.4, 0.5) is 0 Å². The Morgan fingerprint density at radius 1 is 1.38 bits per heavy atom. The van der Waals surface area contributed by atoms with Crippen molar-refractivity contribution in [3.05, 3.63) is 35.2 Å². The van der Waals surface area contributed by atoms with Gasteiger partial charge in [0.15, 0.2) is 0 Å². The minimum atomic E-state index is 0.510. The Morgan fingerprint density at radius 2 is 2.19 bits per heavy atom. The lowest BCUT2D eigenvalue weighted by atomic mass is 10.1. The molecule has 0 bridgehead atoms. The maximum absolute atomic E-state index is 5.60. The van der Waals surface area contributed by atoms with Gasteiger partial charge in [0.2, 0.25) is 5.78 Å². The lowest BCUT2D eigenvalue weighted by molar-refractivity contribution is 1.01. The second-order valence-electron chi connectivity index (χ2n) is 4.24. The van der Waals surface area contributed by atoms with E-state index < -0.39 is 0 Å². The summed E-state index contributed by atoms with van der Waals surface area (Å²) in [6, 6.07) is 4.30. The highest BCUT2D eigenvalue weighted by molar-refractivity contribution is 5.83. The van der Waals surface area contributed by atoms with E-state index in [9.17, 15) is 0 Å². The van der Waals surface area contributed by atoms with E-state index in [2.05, 4.69) is 40.3 Å². The van der Waals surface area contributed by atoms with Crippen LogP contribution in [-0.4, -0.2) is 14.4 Å². The first-order chi connectivity index (χ1) is 7.69. The highest BCUT2D eigenvalue weighted by Crippen LogP contribution is 2.21. The summed E-state index contributed by atoms with van der Waals surface area (Å²) in [5.74, 6) is 0.865. The third-order valence-electron chi connectivity index (χ3n) is 2.91. The molecule has 4 nitrogen and oxygen atoms in total. The molecule has 0 amide bonds. The number of nitrogens with one attached hydrogen (secondary N) is 1. The molecule has 3 N–H and O–H groups in total. The number of aromatic amines is 1. The van der Waals surface area contributed by atoms with Crippen molar-refractivity contribution in [3.63, 3.8) is 0 Å². The average molecular weight is 214 g/mol. The molecule has 1 aromatic carbocycles. The Bertz CT molecular complexity index is 675. The molecule has 0 aliphatic carbocycles. The van der Waals surface area contributed by atoms with Crippen molar-refractivity contribution >= 4 is 16.8 Å². The molecule has 4 heteroatoms. The number of aromatic nitrogens is 3. The molecule has 0 saturated heterocycles. The van der Waals surface area contributed by atoms with Gasteiger partial charge in [-0.25, -0.2) is 4.98 Å². The molecule has 2 aromatic heterocycles. The van der Waals surface area contributed by atoms with Gasteiger partial charge in [0.25, 0.3) is 0 Å². The first-order valence-corrected chi connectivity index (χ1v) is 5.36. The van der Waals surface area contributed by atoms with Crippen LogP contribution in [-0.2, 0) is 6.54 Å². The zero-order valence-corrected chi connectivity index (χ0v) is 9.41. The number of rotatable bonds is 1. The molecule has 0 aliphatic heterocycles. The highest BCUT2D eigenvalue weighted by atomic mass is 15.1. The fraction of sp³-hybridized carbons (Fsp3) is 0.250. The standard InChI is InChI=1S/C12H14N4/c1-7-3-8(2)11-10(4-7)16-6-9(5-13)14-12(16)15-11/h3-4,6H,5,13H2,1-2H3,(H,14,15). The zero-order valence-electron chi connectivity index (χ0n) is 9.41. The molecule has 0 spiro atoms. The number of nitrogens with zero attached hydrogens (tertiary/aromatic N) is 2. The summed E-state index contributed by atoms with van der Waals surface area (Å²) < 4.78 is 2.07. The number of hydrogen-bond donors (Lipinski definition) is 2. The van der Waals surface area contributed by atoms with Crippen LogP contribution < -0.4 is 5.73 Å². The van der Waals surface area contributed by atoms with Crippen LogP contribution in [0.2, 0.25) is 0 Å². The van der Waals surface area contributed by atoms with Gasteiger partial charge in [-0.2, -0.15) is 0 Å². The molecule has 82 valence electrons. The molecular formula is C12H14N4. The Morgan fingerprint density at radius 3 is 2.94 bits per heavy atom. The first kappa shape index (κ1) is 9.42. The van der Waals surface area contributed by atoms with Crippen LogP contribution in [0, 0.1) is 13.8 Å². The molecule has 0 unspecified atom stereocenters. The maximum atomic E-state index is 5.60. The predicted octanol–water partition coefficient (Wildman–Crippen LogP) is 1.89. The summed E-state index contributed by atoms with van der Waals surface area (Å²) in [6.45, 7) is 4.70. The molecule has 16 heavy (non-hydrogen) atoms. The minimum absolute atomic E-state index is 0.510. The van der Waals surface area contributed by atoms with E-state index in [0.29, 0.717) is 6.54 Å². The quantitative estimate of drug-likeness (QED) is 0.650. The van der Waals surface area contributed by atoms with Crippen LogP contribution in [0.25, 0.3) is 16.8 Å². The van der Waals surface area contributed by atoms with E-state index >= 15 is 0 Å². The number of H-pyrrole nitrogens is 1. The van der Waals surface area contributed by atoms with E-state index in [-0.39, 0.29) is 0 Å². The Hall–Kier alpha value is -1.81. The molecule has 0 fully saturated rings. The average Bonchev–Trinajstić information content (AvgIpc) is 2.76. The maximum Gasteiger partial charge on any atom is 0.212 e. The van der Waals surface area contributed by atoms with Gasteiger partial charge in [0, 0.05) is 18.4 Å². The van der Waals surface area contributed by atoms with Crippen molar-refractivity contribution in [1.29, 1.82) is 0 Å². The van der Waals surface area contributed by atoms with Gasteiger partial charge in [-0.05, 0) is 31.0 Å². The van der Waals surface area contributed by atoms with Crippen LogP contribution in [0.1, 0.15) is 16.8 Å². The summed E-state index contributed by atoms with van der Waals surface area (Å²) in [4.78, 5) is 7.78. The second kappa shape index (κ2) is 3.09. The van der Waals surface area contributed by atoms with Crippen molar-refractivity contribution < 1.29 is 0 Å². The third kappa shape index (κ3) is 1.17. The molecule has 2 heterocycles. The highest BCUT2D eigenvalue weighted by Gasteiger charge is 2.09. The SMILES string of the molecule is Cc1cc(C)c2nc3[nH]c(CN)cn3c2c1. The lowest BCUT2D eigenvalue weighted by Gasteiger charge is -1.98. The zero-order chi connectivity index (χ0) is 11.3. The molecule has 0 radical (unpaired) electrons. The molecule has 0 atom stereocenters. The van der Waals surface area contributed by atoms with Crippen LogP contribution >= 0.6 is 0 Å². The van der Waals surface area contributed by atoms with E-state index in [4.69, 9.17) is 5.73 Å². The number of aryl methyl sites for hydroxylation is 2. The van der Waals surface area contributed by atoms with E-state index in [1.165, 1.54) is 11.1 Å². The van der Waals surface area contributed by atoms with Crippen molar-refractivity contribution in [3.8, 4) is 0 Å². The smallest absolute Gasteiger partial charge is 0.212 e. The second-order valence-corrected chi connectivity index (χ2v) is 4.24. The van der Waals surface area contributed by atoms with Crippen LogP contribution in [0.3, 0.4) is 0 Å². The van der Waals surface area contributed by atoms with Gasteiger partial charge < -0.3 is 10.7 Å². The number of benzene rings is 1. The third-order valence-corrected chi connectivity index (χ3v) is 2.91. The summed E-state index contributed by atoms with van der Waals surface area (Å²) in [5.41, 5.74) is 11.3. The Kier molecular flexibility index (Phi) is 1.82. The van der Waals surface area contributed by atoms with Gasteiger partial charge in [-0.15, -0.1) is 0 Å². The van der Waals surface area contributed by atoms with Crippen molar-refractivity contribution in [2.24, 2.45) is 5.73 Å². The number of nitrogens with two attached hydrogens (primary N) is 1. The minimum Gasteiger partial charge on any atom is -0.326 e. The normalized spacial score (nSPS) is 11.7. The monoisotopic (exact) mass is 214 g/mol. The van der Waals surface area contributed by atoms with E-state index in [0.717, 1.165) is 22.5 Å². The van der Waals surface area contributed by atoms with Gasteiger partial charge in [-0.1, -0.05) is 6.07 Å². The number of fused-ring (bicyclic) bond motifs is 3. The summed E-state index contributed by atoms with van der Waals surface area (Å²) in [6.07, 6.45) is 2.02. The Balaban J connectivity index is 2.45. The van der Waals surface area contributed by atoms with Gasteiger partial charge in [-0.3, -0.25) is 4.40 Å². The predicted molar refractivity (Wildman–Crippen MR) is 64.4 cm³/mol. The molecule has 0 saturated carbocycles. The molecule has 3 rings (SSSR count). The van der Waals surface area contributed by atoms with E-state index in [1.807, 2.05) is 6.20 Å². The van der Waals surface area contributed by atoms with Gasteiger partial charge >= 0.3 is 0 Å². The van der Waals surface area contributed by atoms with Crippen LogP contribution in [0.5, 0.6) is 0 Å². The fourth-order valence-electron chi connectivity index (χ4n) is 2.19. The van der Waals surface area contributed by atoms with Gasteiger partial charge in [0.05, 0.1) is 11.0 Å². The van der Waals surface area contributed by atoms with Gasteiger partial charge in [0.1, 0.15) is 0 Å². The molecule has 3 aromatic rings. The van der Waals surface area contributed by atoms with Crippen molar-refractivity contribution in [1.82, 2.24) is 14.4 Å². The Labute approximate surface area is 93.1 Å².